The summed E-state index contributed by atoms with van der Waals surface area (Å²) in [6.07, 6.45) is 3.47. The Morgan fingerprint density at radius 3 is 2.90 bits per heavy atom. The van der Waals surface area contributed by atoms with Gasteiger partial charge >= 0.3 is 0 Å². The van der Waals surface area contributed by atoms with Crippen molar-refractivity contribution in [3.05, 3.63) is 65.2 Å². The summed E-state index contributed by atoms with van der Waals surface area (Å²) in [6, 6.07) is 8.64. The molecule has 2 aromatic rings. The second kappa shape index (κ2) is 6.81. The van der Waals surface area contributed by atoms with E-state index in [4.69, 9.17) is 10.9 Å². The van der Waals surface area contributed by atoms with Gasteiger partial charge in [-0.25, -0.2) is 4.39 Å². The zero-order valence-corrected chi connectivity index (χ0v) is 11.6. The van der Waals surface area contributed by atoms with E-state index in [9.17, 15) is 4.39 Å². The van der Waals surface area contributed by atoms with Crippen molar-refractivity contribution in [1.82, 2.24) is 10.3 Å². The molecular weight excluding hydrogens is 271 g/mol. The van der Waals surface area contributed by atoms with Crippen LogP contribution < -0.4 is 11.1 Å². The van der Waals surface area contributed by atoms with Crippen molar-refractivity contribution in [3.63, 3.8) is 0 Å². The molecule has 1 heterocycles. The van der Waals surface area contributed by atoms with Crippen molar-refractivity contribution in [2.75, 3.05) is 0 Å². The van der Waals surface area contributed by atoms with Crippen LogP contribution in [0.2, 0.25) is 0 Å². The summed E-state index contributed by atoms with van der Waals surface area (Å²) in [6.45, 7) is 2.30. The number of hydrogen-bond acceptors (Lipinski definition) is 4. The Bertz CT molecular complexity index is 631. The van der Waals surface area contributed by atoms with E-state index in [0.29, 0.717) is 12.1 Å². The molecule has 0 fully saturated rings. The average molecular weight is 288 g/mol. The SMILES string of the molecule is C[C@H](NCc1cccc(/C(N)=N/O)c1F)c1cccnc1. The summed E-state index contributed by atoms with van der Waals surface area (Å²) in [4.78, 5) is 4.05. The molecule has 0 aliphatic heterocycles. The smallest absolute Gasteiger partial charge is 0.173 e. The van der Waals surface area contributed by atoms with E-state index in [2.05, 4.69) is 15.5 Å². The summed E-state index contributed by atoms with van der Waals surface area (Å²) < 4.78 is 14.2. The molecule has 1 aromatic carbocycles. The van der Waals surface area contributed by atoms with Crippen molar-refractivity contribution in [1.29, 1.82) is 0 Å². The molecular formula is C15H17FN4O. The highest BCUT2D eigenvalue weighted by Gasteiger charge is 2.12. The van der Waals surface area contributed by atoms with E-state index in [-0.39, 0.29) is 17.4 Å². The molecule has 0 saturated carbocycles. The van der Waals surface area contributed by atoms with Crippen LogP contribution in [0, 0.1) is 5.82 Å². The molecule has 2 rings (SSSR count). The molecule has 1 aromatic heterocycles. The molecule has 0 bridgehead atoms. The summed E-state index contributed by atoms with van der Waals surface area (Å²) in [5.41, 5.74) is 7.00. The summed E-state index contributed by atoms with van der Waals surface area (Å²) in [5, 5.41) is 14.7. The summed E-state index contributed by atoms with van der Waals surface area (Å²) in [7, 11) is 0. The first-order chi connectivity index (χ1) is 10.1. The van der Waals surface area contributed by atoms with E-state index in [1.165, 1.54) is 6.07 Å². The van der Waals surface area contributed by atoms with Gasteiger partial charge in [-0.3, -0.25) is 4.98 Å². The number of benzene rings is 1. The topological polar surface area (TPSA) is 83.5 Å². The minimum atomic E-state index is -0.487. The number of oxime groups is 1. The van der Waals surface area contributed by atoms with Crippen LogP contribution in [-0.4, -0.2) is 16.0 Å². The summed E-state index contributed by atoms with van der Waals surface area (Å²) in [5.74, 6) is -0.728. The molecule has 0 unspecified atom stereocenters. The van der Waals surface area contributed by atoms with Crippen molar-refractivity contribution >= 4 is 5.84 Å². The largest absolute Gasteiger partial charge is 0.409 e. The van der Waals surface area contributed by atoms with E-state index in [1.54, 1.807) is 24.5 Å². The molecule has 0 amide bonds. The highest BCUT2D eigenvalue weighted by Crippen LogP contribution is 2.15. The number of hydrogen-bond donors (Lipinski definition) is 3. The number of halogens is 1. The van der Waals surface area contributed by atoms with Crippen LogP contribution in [0.25, 0.3) is 0 Å². The first kappa shape index (κ1) is 14.9. The van der Waals surface area contributed by atoms with Gasteiger partial charge in [-0.15, -0.1) is 0 Å². The fourth-order valence-corrected chi connectivity index (χ4v) is 1.98. The molecule has 1 atom stereocenters. The normalized spacial score (nSPS) is 13.1. The van der Waals surface area contributed by atoms with Gasteiger partial charge in [0.1, 0.15) is 5.82 Å². The zero-order chi connectivity index (χ0) is 15.2. The quantitative estimate of drug-likeness (QED) is 0.341. The van der Waals surface area contributed by atoms with Crippen LogP contribution in [0.3, 0.4) is 0 Å². The van der Waals surface area contributed by atoms with Crippen LogP contribution >= 0.6 is 0 Å². The highest BCUT2D eigenvalue weighted by molar-refractivity contribution is 5.97. The van der Waals surface area contributed by atoms with E-state index in [1.807, 2.05) is 19.1 Å². The van der Waals surface area contributed by atoms with Crippen molar-refractivity contribution in [3.8, 4) is 0 Å². The number of pyridine rings is 1. The molecule has 0 radical (unpaired) electrons. The van der Waals surface area contributed by atoms with Crippen LogP contribution in [-0.2, 0) is 6.54 Å². The van der Waals surface area contributed by atoms with Crippen LogP contribution in [0.15, 0.2) is 47.9 Å². The molecule has 0 aliphatic rings. The number of nitrogens with two attached hydrogens (primary N) is 1. The third kappa shape index (κ3) is 3.55. The van der Waals surface area contributed by atoms with Crippen LogP contribution in [0.4, 0.5) is 4.39 Å². The first-order valence-electron chi connectivity index (χ1n) is 6.52. The lowest BCUT2D eigenvalue weighted by atomic mass is 10.1. The van der Waals surface area contributed by atoms with Crippen LogP contribution in [0.5, 0.6) is 0 Å². The van der Waals surface area contributed by atoms with E-state index < -0.39 is 5.82 Å². The Balaban J connectivity index is 2.11. The lowest BCUT2D eigenvalue weighted by molar-refractivity contribution is 0.318. The second-order valence-corrected chi connectivity index (χ2v) is 4.65. The fourth-order valence-electron chi connectivity index (χ4n) is 1.98. The predicted octanol–water partition coefficient (Wildman–Crippen LogP) is 2.17. The molecule has 6 heteroatoms. The number of nitrogens with zero attached hydrogens (tertiary/aromatic N) is 2. The molecule has 0 aliphatic carbocycles. The highest BCUT2D eigenvalue weighted by atomic mass is 19.1. The van der Waals surface area contributed by atoms with E-state index in [0.717, 1.165) is 5.56 Å². The standard InChI is InChI=1S/C15H17FN4O/c1-10(11-5-3-7-18-8-11)19-9-12-4-2-6-13(14(12)16)15(17)20-21/h2-8,10,19,21H,9H2,1H3,(H2,17,20)/t10-/m0/s1. The van der Waals surface area contributed by atoms with Gasteiger partial charge in [-0.1, -0.05) is 23.4 Å². The van der Waals surface area contributed by atoms with Crippen molar-refractivity contribution < 1.29 is 9.60 Å². The van der Waals surface area contributed by atoms with Crippen LogP contribution in [0.1, 0.15) is 29.7 Å². The predicted molar refractivity (Wildman–Crippen MR) is 78.4 cm³/mol. The maximum Gasteiger partial charge on any atom is 0.173 e. The maximum atomic E-state index is 14.2. The monoisotopic (exact) mass is 288 g/mol. The zero-order valence-electron chi connectivity index (χ0n) is 11.6. The van der Waals surface area contributed by atoms with E-state index >= 15 is 0 Å². The molecule has 0 spiro atoms. The Hall–Kier alpha value is -2.47. The maximum absolute atomic E-state index is 14.2. The fraction of sp³-hybridized carbons (Fsp3) is 0.200. The Labute approximate surface area is 122 Å². The van der Waals surface area contributed by atoms with Gasteiger partial charge in [-0.05, 0) is 24.6 Å². The number of amidine groups is 1. The Morgan fingerprint density at radius 1 is 1.43 bits per heavy atom. The molecule has 110 valence electrons. The van der Waals surface area contributed by atoms with Gasteiger partial charge < -0.3 is 16.3 Å². The second-order valence-electron chi connectivity index (χ2n) is 4.65. The van der Waals surface area contributed by atoms with Gasteiger partial charge in [0.2, 0.25) is 0 Å². The van der Waals surface area contributed by atoms with Gasteiger partial charge in [0.05, 0.1) is 5.56 Å². The number of rotatable bonds is 5. The van der Waals surface area contributed by atoms with Gasteiger partial charge in [0.15, 0.2) is 5.84 Å². The van der Waals surface area contributed by atoms with Gasteiger partial charge in [0.25, 0.3) is 0 Å². The number of nitrogens with one attached hydrogen (secondary N) is 1. The molecule has 21 heavy (non-hydrogen) atoms. The third-order valence-corrected chi connectivity index (χ3v) is 3.25. The van der Waals surface area contributed by atoms with Gasteiger partial charge in [-0.2, -0.15) is 0 Å². The summed E-state index contributed by atoms with van der Waals surface area (Å²) >= 11 is 0. The lowest BCUT2D eigenvalue weighted by Gasteiger charge is -2.15. The lowest BCUT2D eigenvalue weighted by Crippen LogP contribution is -2.21. The molecule has 4 N–H and O–H groups in total. The molecule has 5 nitrogen and oxygen atoms in total. The molecule has 0 saturated heterocycles. The Kier molecular flexibility index (Phi) is 4.84. The number of aromatic nitrogens is 1. The minimum Gasteiger partial charge on any atom is -0.409 e. The van der Waals surface area contributed by atoms with Gasteiger partial charge in [0, 0.05) is 30.5 Å². The third-order valence-electron chi connectivity index (χ3n) is 3.25. The minimum absolute atomic E-state index is 0.0330. The Morgan fingerprint density at radius 2 is 2.24 bits per heavy atom. The van der Waals surface area contributed by atoms with Crippen molar-refractivity contribution in [2.24, 2.45) is 10.9 Å². The first-order valence-corrected chi connectivity index (χ1v) is 6.52. The van der Waals surface area contributed by atoms with Crippen molar-refractivity contribution in [2.45, 2.75) is 19.5 Å². The average Bonchev–Trinajstić information content (AvgIpc) is 2.53.